The fourth-order valence-corrected chi connectivity index (χ4v) is 2.53. The van der Waals surface area contributed by atoms with Crippen molar-refractivity contribution in [3.63, 3.8) is 0 Å². The molecule has 0 saturated carbocycles. The molecule has 0 heterocycles. The molecule has 0 aliphatic carbocycles. The Kier molecular flexibility index (Phi) is 7.53. The Balaban J connectivity index is 1.75. The van der Waals surface area contributed by atoms with Crippen molar-refractivity contribution in [3.05, 3.63) is 48.5 Å². The van der Waals surface area contributed by atoms with Gasteiger partial charge < -0.3 is 24.8 Å². The molecule has 2 rings (SSSR count). The van der Waals surface area contributed by atoms with Crippen LogP contribution in [0.2, 0.25) is 0 Å². The lowest BCUT2D eigenvalue weighted by molar-refractivity contribution is 0.242. The van der Waals surface area contributed by atoms with Crippen LogP contribution >= 0.6 is 12.2 Å². The Labute approximate surface area is 160 Å². The lowest BCUT2D eigenvalue weighted by Crippen LogP contribution is -2.39. The van der Waals surface area contributed by atoms with Crippen LogP contribution in [0.15, 0.2) is 48.5 Å². The van der Waals surface area contributed by atoms with Gasteiger partial charge in [-0.25, -0.2) is 0 Å². The number of anilines is 1. The lowest BCUT2D eigenvalue weighted by Gasteiger charge is -2.18. The number of methoxy groups -OCH3 is 1. The molecule has 2 N–H and O–H groups in total. The zero-order chi connectivity index (χ0) is 18.9. The molecule has 26 heavy (non-hydrogen) atoms. The van der Waals surface area contributed by atoms with E-state index in [0.717, 1.165) is 22.9 Å². The van der Waals surface area contributed by atoms with Gasteiger partial charge in [0.15, 0.2) is 5.11 Å². The average Bonchev–Trinajstić information content (AvgIpc) is 2.61. The van der Waals surface area contributed by atoms with Gasteiger partial charge in [-0.3, -0.25) is 0 Å². The van der Waals surface area contributed by atoms with E-state index in [4.69, 9.17) is 26.4 Å². The van der Waals surface area contributed by atoms with Crippen LogP contribution in [0.1, 0.15) is 20.8 Å². The smallest absolute Gasteiger partial charge is 0.171 e. The minimum absolute atomic E-state index is 0.0562. The van der Waals surface area contributed by atoms with Gasteiger partial charge in [0.1, 0.15) is 23.9 Å². The summed E-state index contributed by atoms with van der Waals surface area (Å²) < 4.78 is 16.5. The van der Waals surface area contributed by atoms with E-state index in [1.807, 2.05) is 69.3 Å². The zero-order valence-electron chi connectivity index (χ0n) is 15.6. The molecule has 0 saturated heterocycles. The van der Waals surface area contributed by atoms with Crippen molar-refractivity contribution < 1.29 is 14.2 Å². The molecule has 2 aromatic rings. The van der Waals surface area contributed by atoms with Gasteiger partial charge in [-0.1, -0.05) is 0 Å². The summed E-state index contributed by atoms with van der Waals surface area (Å²) in [5, 5.41) is 6.92. The maximum atomic E-state index is 5.75. The largest absolute Gasteiger partial charge is 0.497 e. The highest BCUT2D eigenvalue weighted by Crippen LogP contribution is 2.18. The van der Waals surface area contributed by atoms with Gasteiger partial charge >= 0.3 is 0 Å². The second-order valence-electron chi connectivity index (χ2n) is 6.18. The topological polar surface area (TPSA) is 51.8 Å². The number of benzene rings is 2. The Morgan fingerprint density at radius 1 is 0.923 bits per heavy atom. The average molecular weight is 375 g/mol. The molecule has 140 valence electrons. The highest BCUT2D eigenvalue weighted by atomic mass is 32.1. The van der Waals surface area contributed by atoms with E-state index < -0.39 is 0 Å². The standard InChI is InChI=1S/C20H26N2O3S/c1-14(2)25-19-7-5-16(6-8-19)22-20(26)21-15(3)13-24-18-11-9-17(23-4)10-12-18/h5-12,14-15H,13H2,1-4H3,(H2,21,22,26). The summed E-state index contributed by atoms with van der Waals surface area (Å²) in [6, 6.07) is 15.3. The summed E-state index contributed by atoms with van der Waals surface area (Å²) >= 11 is 5.35. The van der Waals surface area contributed by atoms with Gasteiger partial charge in [-0.05, 0) is 81.5 Å². The predicted octanol–water partition coefficient (Wildman–Crippen LogP) is 4.24. The van der Waals surface area contributed by atoms with Crippen molar-refractivity contribution in [1.29, 1.82) is 0 Å². The summed E-state index contributed by atoms with van der Waals surface area (Å²) in [7, 11) is 1.64. The second-order valence-corrected chi connectivity index (χ2v) is 6.59. The first kappa shape index (κ1) is 19.8. The van der Waals surface area contributed by atoms with E-state index in [0.29, 0.717) is 11.7 Å². The SMILES string of the molecule is COc1ccc(OCC(C)NC(=S)Nc2ccc(OC(C)C)cc2)cc1. The zero-order valence-corrected chi connectivity index (χ0v) is 16.4. The number of ether oxygens (including phenoxy) is 3. The quantitative estimate of drug-likeness (QED) is 0.674. The first-order valence-corrected chi connectivity index (χ1v) is 8.98. The van der Waals surface area contributed by atoms with Crippen LogP contribution in [0.3, 0.4) is 0 Å². The summed E-state index contributed by atoms with van der Waals surface area (Å²) in [6.07, 6.45) is 0.156. The van der Waals surface area contributed by atoms with E-state index in [1.165, 1.54) is 0 Å². The van der Waals surface area contributed by atoms with E-state index in [1.54, 1.807) is 7.11 Å². The Hall–Kier alpha value is -2.47. The molecule has 0 aliphatic rings. The molecule has 1 unspecified atom stereocenters. The molecule has 0 bridgehead atoms. The first-order valence-electron chi connectivity index (χ1n) is 8.57. The maximum Gasteiger partial charge on any atom is 0.171 e. The fraction of sp³-hybridized carbons (Fsp3) is 0.350. The summed E-state index contributed by atoms with van der Waals surface area (Å²) in [5.41, 5.74) is 0.905. The molecule has 0 spiro atoms. The van der Waals surface area contributed by atoms with Crippen molar-refractivity contribution in [2.75, 3.05) is 19.0 Å². The van der Waals surface area contributed by atoms with E-state index in [-0.39, 0.29) is 12.1 Å². The van der Waals surface area contributed by atoms with E-state index >= 15 is 0 Å². The molecule has 0 amide bonds. The minimum Gasteiger partial charge on any atom is -0.497 e. The number of nitrogens with one attached hydrogen (secondary N) is 2. The molecule has 0 radical (unpaired) electrons. The van der Waals surface area contributed by atoms with Crippen molar-refractivity contribution in [2.24, 2.45) is 0 Å². The molecule has 1 atom stereocenters. The summed E-state index contributed by atoms with van der Waals surface area (Å²) in [4.78, 5) is 0. The van der Waals surface area contributed by atoms with Crippen molar-refractivity contribution >= 4 is 23.0 Å². The Morgan fingerprint density at radius 3 is 2.08 bits per heavy atom. The normalized spacial score (nSPS) is 11.6. The number of thiocarbonyl (C=S) groups is 1. The van der Waals surface area contributed by atoms with Gasteiger partial charge in [0.2, 0.25) is 0 Å². The van der Waals surface area contributed by atoms with Crippen molar-refractivity contribution in [1.82, 2.24) is 5.32 Å². The fourth-order valence-electron chi connectivity index (χ4n) is 2.21. The third kappa shape index (κ3) is 6.80. The highest BCUT2D eigenvalue weighted by molar-refractivity contribution is 7.80. The third-order valence-corrected chi connectivity index (χ3v) is 3.64. The Bertz CT molecular complexity index is 687. The molecule has 0 aliphatic heterocycles. The molecular formula is C20H26N2O3S. The minimum atomic E-state index is 0.0562. The number of hydrogen-bond acceptors (Lipinski definition) is 4. The number of hydrogen-bond donors (Lipinski definition) is 2. The molecule has 6 heteroatoms. The van der Waals surface area contributed by atoms with Crippen LogP contribution in [0, 0.1) is 0 Å². The van der Waals surface area contributed by atoms with Gasteiger partial charge in [0, 0.05) is 5.69 Å². The molecule has 0 aromatic heterocycles. The van der Waals surface area contributed by atoms with E-state index in [9.17, 15) is 0 Å². The van der Waals surface area contributed by atoms with Crippen LogP contribution in [0.4, 0.5) is 5.69 Å². The molecule has 2 aromatic carbocycles. The summed E-state index contributed by atoms with van der Waals surface area (Å²) in [5.74, 6) is 2.43. The monoisotopic (exact) mass is 374 g/mol. The molecular weight excluding hydrogens is 348 g/mol. The lowest BCUT2D eigenvalue weighted by atomic mass is 10.3. The van der Waals surface area contributed by atoms with Gasteiger partial charge in [-0.15, -0.1) is 0 Å². The summed E-state index contributed by atoms with van der Waals surface area (Å²) in [6.45, 7) is 6.51. The predicted molar refractivity (Wildman–Crippen MR) is 110 cm³/mol. The van der Waals surface area contributed by atoms with Crippen LogP contribution in [0.25, 0.3) is 0 Å². The van der Waals surface area contributed by atoms with Gasteiger partial charge in [0.05, 0.1) is 19.3 Å². The van der Waals surface area contributed by atoms with Crippen LogP contribution in [-0.2, 0) is 0 Å². The van der Waals surface area contributed by atoms with Crippen LogP contribution in [-0.4, -0.2) is 31.0 Å². The number of rotatable bonds is 8. The van der Waals surface area contributed by atoms with Gasteiger partial charge in [-0.2, -0.15) is 0 Å². The van der Waals surface area contributed by atoms with Gasteiger partial charge in [0.25, 0.3) is 0 Å². The molecule has 5 nitrogen and oxygen atoms in total. The third-order valence-electron chi connectivity index (χ3n) is 3.42. The van der Waals surface area contributed by atoms with E-state index in [2.05, 4.69) is 10.6 Å². The molecule has 0 fully saturated rings. The van der Waals surface area contributed by atoms with Crippen molar-refractivity contribution in [2.45, 2.75) is 32.9 Å². The maximum absolute atomic E-state index is 5.75. The van der Waals surface area contributed by atoms with Crippen LogP contribution in [0.5, 0.6) is 17.2 Å². The van der Waals surface area contributed by atoms with Crippen molar-refractivity contribution in [3.8, 4) is 17.2 Å². The van der Waals surface area contributed by atoms with Crippen LogP contribution < -0.4 is 24.8 Å². The second kappa shape index (κ2) is 9.87. The highest BCUT2D eigenvalue weighted by Gasteiger charge is 2.06. The Morgan fingerprint density at radius 2 is 1.50 bits per heavy atom. The first-order chi connectivity index (χ1) is 12.5.